The minimum absolute atomic E-state index is 0. The van der Waals surface area contributed by atoms with E-state index >= 15 is 0 Å². The Hall–Kier alpha value is -0.660. The summed E-state index contributed by atoms with van der Waals surface area (Å²) < 4.78 is 5.88. The molecule has 1 fully saturated rings. The number of likely N-dealkylation sites (tertiary alicyclic amines) is 1. The first kappa shape index (κ1) is 24.3. The van der Waals surface area contributed by atoms with Gasteiger partial charge in [0.25, 0.3) is 0 Å². The van der Waals surface area contributed by atoms with E-state index in [0.717, 1.165) is 30.7 Å². The number of hydrogen-bond donors (Lipinski definition) is 0. The summed E-state index contributed by atoms with van der Waals surface area (Å²) in [4.78, 5) is 6.54. The Labute approximate surface area is 169 Å². The van der Waals surface area contributed by atoms with E-state index in [-0.39, 0.29) is 24.8 Å². The maximum absolute atomic E-state index is 6.13. The number of hydrogen-bond acceptors (Lipinski definition) is 3. The molecule has 1 aliphatic rings. The number of likely N-dealkylation sites (N-methyl/N-ethyl adjacent to an activating group) is 1. The summed E-state index contributed by atoms with van der Waals surface area (Å²) in [5, 5.41) is 0.455. The van der Waals surface area contributed by atoms with Gasteiger partial charge in [0.1, 0.15) is 17.5 Å². The van der Waals surface area contributed by atoms with Gasteiger partial charge in [-0.3, -0.25) is 0 Å². The Bertz CT molecular complexity index is 557. The smallest absolute Gasteiger partial charge is 0.144 e. The third kappa shape index (κ3) is 8.51. The van der Waals surface area contributed by atoms with E-state index in [1.54, 1.807) is 6.20 Å². The first-order chi connectivity index (χ1) is 11.2. The van der Waals surface area contributed by atoms with E-state index < -0.39 is 0 Å². The first-order valence-electron chi connectivity index (χ1n) is 8.68. The lowest BCUT2D eigenvalue weighted by molar-refractivity contribution is 0.198. The van der Waals surface area contributed by atoms with Crippen LogP contribution in [0.25, 0.3) is 0 Å². The van der Waals surface area contributed by atoms with Crippen LogP contribution in [0.4, 0.5) is 0 Å². The van der Waals surface area contributed by atoms with Gasteiger partial charge >= 0.3 is 0 Å². The van der Waals surface area contributed by atoms with E-state index in [2.05, 4.69) is 35.7 Å². The zero-order chi connectivity index (χ0) is 16.5. The summed E-state index contributed by atoms with van der Waals surface area (Å²) in [6, 6.07) is 2.40. The highest BCUT2D eigenvalue weighted by Gasteiger charge is 2.21. The molecular formula is C19H29Cl3N2O. The second kappa shape index (κ2) is 13.5. The van der Waals surface area contributed by atoms with E-state index in [1.807, 2.05) is 6.07 Å². The largest absolute Gasteiger partial charge is 0.490 e. The standard InChI is InChI=1S/C19H27ClN2O.2ClH/c1-3-4-5-6-7-8-10-16-13-18(14-21-19(16)20)23-15-17-11-9-12-22(17)2;;/h13-14,17H,3-7,9,11-12,15H2,1-2H3;2*1H/t17-;;/m0../s1. The van der Waals surface area contributed by atoms with Crippen LogP contribution in [-0.2, 0) is 0 Å². The average Bonchev–Trinajstić information content (AvgIpc) is 2.96. The van der Waals surface area contributed by atoms with Crippen molar-refractivity contribution in [2.45, 2.75) is 57.9 Å². The fraction of sp³-hybridized carbons (Fsp3) is 0.632. The third-order valence-corrected chi connectivity index (χ3v) is 4.61. The molecule has 0 unspecified atom stereocenters. The molecule has 1 aromatic rings. The summed E-state index contributed by atoms with van der Waals surface area (Å²) in [6.07, 6.45) is 9.96. The summed E-state index contributed by atoms with van der Waals surface area (Å²) in [6.45, 7) is 4.07. The van der Waals surface area contributed by atoms with Crippen molar-refractivity contribution in [1.82, 2.24) is 9.88 Å². The minimum atomic E-state index is 0. The molecule has 3 nitrogen and oxygen atoms in total. The molecule has 6 heteroatoms. The van der Waals surface area contributed by atoms with Crippen LogP contribution in [-0.4, -0.2) is 36.1 Å². The lowest BCUT2D eigenvalue weighted by Crippen LogP contribution is -2.30. The van der Waals surface area contributed by atoms with Gasteiger partial charge in [-0.15, -0.1) is 24.8 Å². The molecule has 1 aromatic heterocycles. The van der Waals surface area contributed by atoms with Gasteiger partial charge in [-0.25, -0.2) is 4.98 Å². The number of pyridine rings is 1. The van der Waals surface area contributed by atoms with Crippen LogP contribution in [0.15, 0.2) is 12.3 Å². The van der Waals surface area contributed by atoms with Crippen molar-refractivity contribution in [1.29, 1.82) is 0 Å². The molecule has 2 rings (SSSR count). The maximum Gasteiger partial charge on any atom is 0.144 e. The number of nitrogens with zero attached hydrogens (tertiary/aromatic N) is 2. The van der Waals surface area contributed by atoms with Crippen molar-refractivity contribution >= 4 is 36.4 Å². The second-order valence-corrected chi connectivity index (χ2v) is 6.57. The van der Waals surface area contributed by atoms with Gasteiger partial charge in [0.15, 0.2) is 0 Å². The van der Waals surface area contributed by atoms with Gasteiger partial charge in [-0.1, -0.05) is 49.6 Å². The predicted octanol–water partition coefficient (Wildman–Crippen LogP) is 5.37. The highest BCUT2D eigenvalue weighted by Crippen LogP contribution is 2.21. The number of rotatable bonds is 7. The van der Waals surface area contributed by atoms with Crippen molar-refractivity contribution in [3.05, 3.63) is 23.0 Å². The molecule has 1 atom stereocenters. The van der Waals surface area contributed by atoms with Crippen molar-refractivity contribution in [3.63, 3.8) is 0 Å². The summed E-state index contributed by atoms with van der Waals surface area (Å²) in [5.41, 5.74) is 0.763. The molecule has 1 saturated heterocycles. The van der Waals surface area contributed by atoms with E-state index in [9.17, 15) is 0 Å². The Morgan fingerprint density at radius 2 is 2.12 bits per heavy atom. The highest BCUT2D eigenvalue weighted by molar-refractivity contribution is 6.30. The Morgan fingerprint density at radius 3 is 2.80 bits per heavy atom. The van der Waals surface area contributed by atoms with Crippen LogP contribution in [0.5, 0.6) is 5.75 Å². The van der Waals surface area contributed by atoms with Gasteiger partial charge in [-0.2, -0.15) is 0 Å². The fourth-order valence-corrected chi connectivity index (χ4v) is 2.93. The molecule has 0 aliphatic carbocycles. The lowest BCUT2D eigenvalue weighted by atomic mass is 10.1. The van der Waals surface area contributed by atoms with Crippen molar-refractivity contribution in [2.24, 2.45) is 0 Å². The van der Waals surface area contributed by atoms with Gasteiger partial charge in [0.2, 0.25) is 0 Å². The zero-order valence-electron chi connectivity index (χ0n) is 15.1. The normalized spacial score (nSPS) is 16.4. The van der Waals surface area contributed by atoms with Gasteiger partial charge in [0.05, 0.1) is 11.8 Å². The highest BCUT2D eigenvalue weighted by atomic mass is 35.5. The Balaban J connectivity index is 0.00000288. The van der Waals surface area contributed by atoms with Crippen LogP contribution < -0.4 is 4.74 Å². The van der Waals surface area contributed by atoms with Crippen LogP contribution in [0.3, 0.4) is 0 Å². The molecule has 1 aliphatic heterocycles. The molecule has 0 bridgehead atoms. The zero-order valence-corrected chi connectivity index (χ0v) is 17.5. The van der Waals surface area contributed by atoms with E-state index in [4.69, 9.17) is 16.3 Å². The molecule has 142 valence electrons. The van der Waals surface area contributed by atoms with Crippen molar-refractivity contribution < 1.29 is 4.74 Å². The third-order valence-electron chi connectivity index (χ3n) is 4.31. The van der Waals surface area contributed by atoms with Gasteiger partial charge < -0.3 is 9.64 Å². The Kier molecular flexibility index (Phi) is 13.2. The van der Waals surface area contributed by atoms with Gasteiger partial charge in [0, 0.05) is 18.5 Å². The SMILES string of the molecule is CCCCCCC#Cc1cc(OC[C@@H]2CCCN2C)cnc1Cl.Cl.Cl. The summed E-state index contributed by atoms with van der Waals surface area (Å²) in [7, 11) is 2.15. The monoisotopic (exact) mass is 406 g/mol. The van der Waals surface area contributed by atoms with E-state index in [1.165, 1.54) is 32.1 Å². The topological polar surface area (TPSA) is 25.4 Å². The molecule has 0 saturated carbocycles. The molecule has 2 heterocycles. The number of unbranched alkanes of at least 4 members (excludes halogenated alkanes) is 4. The number of aromatic nitrogens is 1. The second-order valence-electron chi connectivity index (χ2n) is 6.21. The first-order valence-corrected chi connectivity index (χ1v) is 9.06. The quantitative estimate of drug-likeness (QED) is 0.345. The number of halogens is 3. The molecule has 0 amide bonds. The van der Waals surface area contributed by atoms with Crippen LogP contribution in [0.2, 0.25) is 5.15 Å². The minimum Gasteiger partial charge on any atom is -0.490 e. The molecule has 0 N–H and O–H groups in total. The van der Waals surface area contributed by atoms with Crippen LogP contribution >= 0.6 is 36.4 Å². The fourth-order valence-electron chi connectivity index (χ4n) is 2.78. The molecule has 0 spiro atoms. The average molecular weight is 408 g/mol. The van der Waals surface area contributed by atoms with Crippen LogP contribution in [0, 0.1) is 11.8 Å². The van der Waals surface area contributed by atoms with E-state index in [0.29, 0.717) is 17.8 Å². The number of ether oxygens (including phenoxy) is 1. The van der Waals surface area contributed by atoms with Crippen molar-refractivity contribution in [2.75, 3.05) is 20.2 Å². The molecule has 25 heavy (non-hydrogen) atoms. The predicted molar refractivity (Wildman–Crippen MR) is 111 cm³/mol. The Morgan fingerprint density at radius 1 is 1.32 bits per heavy atom. The maximum atomic E-state index is 6.13. The van der Waals surface area contributed by atoms with Crippen LogP contribution in [0.1, 0.15) is 57.4 Å². The molecule has 0 aromatic carbocycles. The molecule has 0 radical (unpaired) electrons. The molecular weight excluding hydrogens is 379 g/mol. The summed E-state index contributed by atoms with van der Waals surface area (Å²) in [5.74, 6) is 7.08. The van der Waals surface area contributed by atoms with Gasteiger partial charge in [-0.05, 0) is 32.9 Å². The lowest BCUT2D eigenvalue weighted by Gasteiger charge is -2.19. The van der Waals surface area contributed by atoms with Crippen molar-refractivity contribution in [3.8, 4) is 17.6 Å². The summed E-state index contributed by atoms with van der Waals surface area (Å²) >= 11 is 6.13.